The van der Waals surface area contributed by atoms with Gasteiger partial charge in [-0.15, -0.1) is 0 Å². The normalized spacial score (nSPS) is 26.8. The van der Waals surface area contributed by atoms with Gasteiger partial charge in [0.25, 0.3) is 0 Å². The Morgan fingerprint density at radius 3 is 2.15 bits per heavy atom. The van der Waals surface area contributed by atoms with Gasteiger partial charge in [0.15, 0.2) is 0 Å². The number of rotatable bonds is 2. The van der Waals surface area contributed by atoms with Crippen LogP contribution in [0.1, 0.15) is 34.1 Å². The van der Waals surface area contributed by atoms with E-state index in [-0.39, 0.29) is 0 Å². The van der Waals surface area contributed by atoms with Crippen LogP contribution in [0.2, 0.25) is 0 Å². The molecule has 0 atom stereocenters. The van der Waals surface area contributed by atoms with Gasteiger partial charge in [0.1, 0.15) is 0 Å². The number of hydrogen-bond donors (Lipinski definition) is 0. The molecule has 1 saturated heterocycles. The average Bonchev–Trinajstić information content (AvgIpc) is 2.47. The van der Waals surface area contributed by atoms with E-state index >= 15 is 0 Å². The highest BCUT2D eigenvalue weighted by molar-refractivity contribution is 6.54. The summed E-state index contributed by atoms with van der Waals surface area (Å²) in [4.78, 5) is 1.38. The monoisotopic (exact) mass is 291 g/mol. The van der Waals surface area contributed by atoms with Crippen LogP contribution in [0, 0.1) is 0 Å². The SMILES string of the molecule is CC1(C)OB(C2=CCN(CC(F)(F)F)CC2)OC1(C)C. The lowest BCUT2D eigenvalue weighted by Gasteiger charge is -2.32. The molecule has 0 aromatic rings. The molecule has 114 valence electrons. The molecule has 2 heterocycles. The third-order valence-electron chi connectivity index (χ3n) is 4.29. The molecule has 1 fully saturated rings. The summed E-state index contributed by atoms with van der Waals surface area (Å²) in [6, 6.07) is 0. The Labute approximate surface area is 118 Å². The standard InChI is InChI=1S/C13H21BF3NO2/c1-11(2)12(3,4)20-14(19-11)10-5-7-18(8-6-10)9-13(15,16)17/h5H,6-9H2,1-4H3. The Balaban J connectivity index is 1.97. The van der Waals surface area contributed by atoms with Crippen LogP contribution in [-0.4, -0.2) is 49.0 Å². The molecule has 3 nitrogen and oxygen atoms in total. The predicted molar refractivity (Wildman–Crippen MR) is 71.3 cm³/mol. The van der Waals surface area contributed by atoms with Crippen molar-refractivity contribution < 1.29 is 22.5 Å². The molecule has 0 unspecified atom stereocenters. The summed E-state index contributed by atoms with van der Waals surface area (Å²) in [5.74, 6) is 0. The minimum Gasteiger partial charge on any atom is -0.400 e. The van der Waals surface area contributed by atoms with E-state index in [4.69, 9.17) is 9.31 Å². The summed E-state index contributed by atoms with van der Waals surface area (Å²) in [5, 5.41) is 0. The molecule has 0 N–H and O–H groups in total. The molecule has 0 amide bonds. The van der Waals surface area contributed by atoms with Crippen LogP contribution in [0.15, 0.2) is 11.5 Å². The highest BCUT2D eigenvalue weighted by Gasteiger charge is 2.52. The number of hydrogen-bond acceptors (Lipinski definition) is 3. The van der Waals surface area contributed by atoms with Gasteiger partial charge < -0.3 is 9.31 Å². The first-order valence-electron chi connectivity index (χ1n) is 6.84. The van der Waals surface area contributed by atoms with Crippen molar-refractivity contribution in [1.29, 1.82) is 0 Å². The van der Waals surface area contributed by atoms with E-state index in [0.29, 0.717) is 19.5 Å². The molecule has 0 aromatic carbocycles. The molecular formula is C13H21BF3NO2. The molecule has 0 aliphatic carbocycles. The lowest BCUT2D eigenvalue weighted by molar-refractivity contribution is -0.145. The first-order valence-corrected chi connectivity index (χ1v) is 6.84. The van der Waals surface area contributed by atoms with E-state index in [2.05, 4.69) is 0 Å². The fourth-order valence-corrected chi connectivity index (χ4v) is 2.33. The van der Waals surface area contributed by atoms with Crippen molar-refractivity contribution in [2.45, 2.75) is 51.5 Å². The summed E-state index contributed by atoms with van der Waals surface area (Å²) >= 11 is 0. The van der Waals surface area contributed by atoms with E-state index in [0.717, 1.165) is 5.47 Å². The maximum atomic E-state index is 12.3. The van der Waals surface area contributed by atoms with Crippen molar-refractivity contribution in [2.24, 2.45) is 0 Å². The average molecular weight is 291 g/mol. The van der Waals surface area contributed by atoms with Gasteiger partial charge >= 0.3 is 13.3 Å². The molecule has 0 aromatic heterocycles. The van der Waals surface area contributed by atoms with E-state index in [9.17, 15) is 13.2 Å². The van der Waals surface area contributed by atoms with Crippen molar-refractivity contribution in [1.82, 2.24) is 4.90 Å². The van der Waals surface area contributed by atoms with E-state index in [1.165, 1.54) is 4.90 Å². The fourth-order valence-electron chi connectivity index (χ4n) is 2.33. The summed E-state index contributed by atoms with van der Waals surface area (Å²) in [6.45, 7) is 7.67. The van der Waals surface area contributed by atoms with Gasteiger partial charge in [-0.3, -0.25) is 4.90 Å². The zero-order chi connectivity index (χ0) is 15.2. The van der Waals surface area contributed by atoms with Crippen LogP contribution in [0.3, 0.4) is 0 Å². The lowest BCUT2D eigenvalue weighted by atomic mass is 9.75. The fraction of sp³-hybridized carbons (Fsp3) is 0.846. The van der Waals surface area contributed by atoms with Crippen molar-refractivity contribution in [3.63, 3.8) is 0 Å². The molecule has 2 rings (SSSR count). The molecule has 20 heavy (non-hydrogen) atoms. The van der Waals surface area contributed by atoms with Gasteiger partial charge in [-0.25, -0.2) is 0 Å². The van der Waals surface area contributed by atoms with Crippen molar-refractivity contribution in [3.05, 3.63) is 11.5 Å². The number of nitrogens with zero attached hydrogens (tertiary/aromatic N) is 1. The van der Waals surface area contributed by atoms with Crippen LogP contribution in [0.25, 0.3) is 0 Å². The van der Waals surface area contributed by atoms with Crippen LogP contribution in [0.5, 0.6) is 0 Å². The van der Waals surface area contributed by atoms with Crippen LogP contribution in [-0.2, 0) is 9.31 Å². The predicted octanol–water partition coefficient (Wildman–Crippen LogP) is 2.81. The Morgan fingerprint density at radius 2 is 1.75 bits per heavy atom. The van der Waals surface area contributed by atoms with Gasteiger partial charge in [0.2, 0.25) is 0 Å². The molecule has 0 radical (unpaired) electrons. The van der Waals surface area contributed by atoms with Crippen molar-refractivity contribution in [2.75, 3.05) is 19.6 Å². The van der Waals surface area contributed by atoms with Gasteiger partial charge in [0, 0.05) is 13.1 Å². The van der Waals surface area contributed by atoms with Gasteiger partial charge in [-0.05, 0) is 39.6 Å². The number of halogens is 3. The third-order valence-corrected chi connectivity index (χ3v) is 4.29. The minimum absolute atomic E-state index is 0.291. The second kappa shape index (κ2) is 5.03. The maximum absolute atomic E-state index is 12.3. The summed E-state index contributed by atoms with van der Waals surface area (Å²) in [5.41, 5.74) is 0.116. The molecule has 2 aliphatic heterocycles. The Kier molecular flexibility index (Phi) is 3.99. The summed E-state index contributed by atoms with van der Waals surface area (Å²) in [6.07, 6.45) is -1.79. The van der Waals surface area contributed by atoms with Gasteiger partial charge in [0.05, 0.1) is 17.7 Å². The van der Waals surface area contributed by atoms with E-state index in [1.807, 2.05) is 27.7 Å². The van der Waals surface area contributed by atoms with E-state index in [1.54, 1.807) is 6.08 Å². The zero-order valence-corrected chi connectivity index (χ0v) is 12.4. The topological polar surface area (TPSA) is 21.7 Å². The lowest BCUT2D eigenvalue weighted by Crippen LogP contribution is -2.41. The molecular weight excluding hydrogens is 270 g/mol. The first-order chi connectivity index (χ1) is 9.00. The van der Waals surface area contributed by atoms with Crippen molar-refractivity contribution >= 4 is 7.12 Å². The van der Waals surface area contributed by atoms with Crippen LogP contribution >= 0.6 is 0 Å². The second-order valence-electron chi connectivity index (χ2n) is 6.47. The maximum Gasteiger partial charge on any atom is 0.490 e. The summed E-state index contributed by atoms with van der Waals surface area (Å²) < 4.78 is 48.8. The Bertz CT molecular complexity index is 391. The molecule has 2 aliphatic rings. The van der Waals surface area contributed by atoms with Crippen LogP contribution in [0.4, 0.5) is 13.2 Å². The molecule has 7 heteroatoms. The quantitative estimate of drug-likeness (QED) is 0.730. The smallest absolute Gasteiger partial charge is 0.400 e. The Hall–Kier alpha value is -0.525. The van der Waals surface area contributed by atoms with Crippen molar-refractivity contribution in [3.8, 4) is 0 Å². The van der Waals surface area contributed by atoms with Crippen LogP contribution < -0.4 is 0 Å². The van der Waals surface area contributed by atoms with Gasteiger partial charge in [-0.1, -0.05) is 6.08 Å². The first kappa shape index (κ1) is 15.9. The second-order valence-corrected chi connectivity index (χ2v) is 6.47. The summed E-state index contributed by atoms with van der Waals surface area (Å²) in [7, 11) is -0.437. The Morgan fingerprint density at radius 1 is 1.20 bits per heavy atom. The molecule has 0 spiro atoms. The highest BCUT2D eigenvalue weighted by atomic mass is 19.4. The zero-order valence-electron chi connectivity index (χ0n) is 12.4. The van der Waals surface area contributed by atoms with E-state index < -0.39 is 31.0 Å². The molecule has 0 bridgehead atoms. The largest absolute Gasteiger partial charge is 0.490 e. The highest BCUT2D eigenvalue weighted by Crippen LogP contribution is 2.39. The third kappa shape index (κ3) is 3.38. The molecule has 0 saturated carbocycles. The minimum atomic E-state index is -4.14. The number of alkyl halides is 3. The van der Waals surface area contributed by atoms with Gasteiger partial charge in [-0.2, -0.15) is 13.2 Å².